The number of piperidine rings is 1. The number of benzene rings is 2. The van der Waals surface area contributed by atoms with E-state index in [2.05, 4.69) is 10.1 Å². The Bertz CT molecular complexity index is 1280. The molecule has 232 valence electrons. The largest absolute Gasteiger partial charge is 0.394 e. The molecule has 42 heavy (non-hydrogen) atoms. The Hall–Kier alpha value is -2.70. The van der Waals surface area contributed by atoms with Crippen molar-refractivity contribution in [1.29, 1.82) is 0 Å². The predicted octanol–water partition coefficient (Wildman–Crippen LogP) is 5.59. The summed E-state index contributed by atoms with van der Waals surface area (Å²) in [6.45, 7) is -1.41. The molecule has 2 aliphatic rings. The van der Waals surface area contributed by atoms with E-state index in [-0.39, 0.29) is 48.0 Å². The first-order valence-corrected chi connectivity index (χ1v) is 16.0. The number of sulfone groups is 1. The highest BCUT2D eigenvalue weighted by Crippen LogP contribution is 2.43. The van der Waals surface area contributed by atoms with Gasteiger partial charge >= 0.3 is 6.61 Å². The first-order chi connectivity index (χ1) is 19.9. The van der Waals surface area contributed by atoms with Crippen molar-refractivity contribution >= 4 is 21.4 Å². The van der Waals surface area contributed by atoms with Crippen LogP contribution in [-0.4, -0.2) is 63.5 Å². The minimum absolute atomic E-state index is 0.0416. The molecule has 1 aliphatic heterocycles. The number of carbonyl (C=O) groups is 1. The second-order valence-electron chi connectivity index (χ2n) is 11.2. The molecule has 1 heterocycles. The summed E-state index contributed by atoms with van der Waals surface area (Å²) in [7, 11) is -3.38. The number of halogens is 4. The first-order valence-electron chi connectivity index (χ1n) is 14.3. The highest BCUT2D eigenvalue weighted by atomic mass is 32.2. The van der Waals surface area contributed by atoms with E-state index < -0.39 is 40.9 Å². The Labute approximate surface area is 244 Å². The molecule has 0 bridgehead atoms. The van der Waals surface area contributed by atoms with Crippen molar-refractivity contribution in [2.75, 3.05) is 30.4 Å². The van der Waals surface area contributed by atoms with Crippen LogP contribution in [0.3, 0.4) is 0 Å². The molecule has 0 aromatic heterocycles. The predicted molar refractivity (Wildman–Crippen MR) is 151 cm³/mol. The zero-order valence-corrected chi connectivity index (χ0v) is 24.3. The van der Waals surface area contributed by atoms with Crippen molar-refractivity contribution in [1.82, 2.24) is 5.32 Å². The van der Waals surface area contributed by atoms with Gasteiger partial charge in [-0.3, -0.25) is 4.79 Å². The molecule has 7 nitrogen and oxygen atoms in total. The van der Waals surface area contributed by atoms with Gasteiger partial charge < -0.3 is 20.1 Å². The Morgan fingerprint density at radius 1 is 1.02 bits per heavy atom. The molecule has 2 N–H and O–H groups in total. The van der Waals surface area contributed by atoms with Crippen LogP contribution < -0.4 is 10.2 Å². The number of anilines is 1. The molecular weight excluding hydrogens is 576 g/mol. The normalized spacial score (nSPS) is 22.2. The molecule has 2 unspecified atom stereocenters. The lowest BCUT2D eigenvalue weighted by molar-refractivity contribution is -0.133. The van der Waals surface area contributed by atoms with Crippen molar-refractivity contribution in [3.05, 3.63) is 59.7 Å². The fourth-order valence-electron chi connectivity index (χ4n) is 6.00. The maximum atomic E-state index is 13.7. The van der Waals surface area contributed by atoms with Gasteiger partial charge in [-0.2, -0.15) is 8.78 Å². The molecule has 12 heteroatoms. The second-order valence-corrected chi connectivity index (χ2v) is 13.4. The third kappa shape index (κ3) is 8.02. The summed E-state index contributed by atoms with van der Waals surface area (Å²) in [6.07, 6.45) is 1.94. The fraction of sp³-hybridized carbons (Fsp3) is 0.567. The topological polar surface area (TPSA) is 95.9 Å². The number of nitrogens with one attached hydrogen (secondary N) is 1. The number of amides is 1. The van der Waals surface area contributed by atoms with E-state index in [0.29, 0.717) is 42.6 Å². The van der Waals surface area contributed by atoms with Crippen LogP contribution in [0.1, 0.15) is 67.4 Å². The molecule has 4 rings (SSSR count). The minimum Gasteiger partial charge on any atom is -0.394 e. The Morgan fingerprint density at radius 2 is 1.67 bits per heavy atom. The summed E-state index contributed by atoms with van der Waals surface area (Å²) in [5.74, 6) is -2.83. The zero-order valence-electron chi connectivity index (χ0n) is 23.5. The van der Waals surface area contributed by atoms with E-state index >= 15 is 0 Å². The van der Waals surface area contributed by atoms with Crippen molar-refractivity contribution in [3.8, 4) is 0 Å². The quantitative estimate of drug-likeness (QED) is 0.321. The number of aliphatic hydroxyl groups excluding tert-OH is 1. The highest BCUT2D eigenvalue weighted by Gasteiger charge is 2.40. The standard InChI is InChI=1S/C30H38F4N2O5S/c1-2-42(39,40)26-11-6-21(7-12-26)27(18-37)35-28(38)22-3-8-24(9-4-22)36-17-23(5-10-25(36)19-41-29(31)32)20-13-15-30(33,34)16-14-20/h3-4,6-9,11-12,20,23,25,27,29,37H,2,5,10,13-19H2,1H3,(H,35,38)/t23?,25?,27-/m0/s1. The van der Waals surface area contributed by atoms with E-state index in [4.69, 9.17) is 0 Å². The number of hydrogen-bond donors (Lipinski definition) is 2. The van der Waals surface area contributed by atoms with Crippen LogP contribution >= 0.6 is 0 Å². The first kappa shape index (κ1) is 32.2. The Morgan fingerprint density at radius 3 is 2.24 bits per heavy atom. The molecule has 0 radical (unpaired) electrons. The molecule has 3 atom stereocenters. The summed E-state index contributed by atoms with van der Waals surface area (Å²) in [5, 5.41) is 12.7. The van der Waals surface area contributed by atoms with Crippen molar-refractivity contribution in [2.24, 2.45) is 11.8 Å². The van der Waals surface area contributed by atoms with E-state index in [0.717, 1.165) is 6.42 Å². The fourth-order valence-corrected chi connectivity index (χ4v) is 6.89. The molecular formula is C30H38F4N2O5S. The van der Waals surface area contributed by atoms with Gasteiger partial charge in [0.2, 0.25) is 5.92 Å². The van der Waals surface area contributed by atoms with Crippen molar-refractivity contribution in [3.63, 3.8) is 0 Å². The number of aliphatic hydroxyl groups is 1. The smallest absolute Gasteiger partial charge is 0.345 e. The van der Waals surface area contributed by atoms with Gasteiger partial charge in [-0.15, -0.1) is 0 Å². The molecule has 2 aromatic rings. The summed E-state index contributed by atoms with van der Waals surface area (Å²) in [6, 6.07) is 11.5. The average Bonchev–Trinajstić information content (AvgIpc) is 2.99. The SMILES string of the molecule is CCS(=O)(=O)c1ccc([C@H](CO)NC(=O)c2ccc(N3CC(C4CCC(F)(F)CC4)CCC3COC(F)F)cc2)cc1. The lowest BCUT2D eigenvalue weighted by Crippen LogP contribution is -2.48. The van der Waals surface area contributed by atoms with Gasteiger partial charge in [0.1, 0.15) is 0 Å². The van der Waals surface area contributed by atoms with Crippen LogP contribution in [0.15, 0.2) is 53.4 Å². The molecule has 0 spiro atoms. The van der Waals surface area contributed by atoms with Gasteiger partial charge in [0.05, 0.1) is 35.9 Å². The number of ether oxygens (including phenoxy) is 1. The van der Waals surface area contributed by atoms with Gasteiger partial charge in [0, 0.05) is 30.6 Å². The monoisotopic (exact) mass is 614 g/mol. The van der Waals surface area contributed by atoms with E-state index in [1.165, 1.54) is 12.1 Å². The number of carbonyl (C=O) groups excluding carboxylic acids is 1. The van der Waals surface area contributed by atoms with Crippen LogP contribution in [0.5, 0.6) is 0 Å². The van der Waals surface area contributed by atoms with Crippen LogP contribution in [0.25, 0.3) is 0 Å². The lowest BCUT2D eigenvalue weighted by atomic mass is 9.74. The third-order valence-electron chi connectivity index (χ3n) is 8.56. The summed E-state index contributed by atoms with van der Waals surface area (Å²) >= 11 is 0. The average molecular weight is 615 g/mol. The maximum Gasteiger partial charge on any atom is 0.345 e. The summed E-state index contributed by atoms with van der Waals surface area (Å²) in [4.78, 5) is 15.1. The Kier molecular flexibility index (Phi) is 10.5. The second kappa shape index (κ2) is 13.7. The lowest BCUT2D eigenvalue weighted by Gasteiger charge is -2.45. The van der Waals surface area contributed by atoms with Crippen LogP contribution in [-0.2, 0) is 14.6 Å². The zero-order chi connectivity index (χ0) is 30.5. The molecule has 2 fully saturated rings. The molecule has 1 saturated heterocycles. The third-order valence-corrected chi connectivity index (χ3v) is 10.3. The number of hydrogen-bond acceptors (Lipinski definition) is 6. The number of alkyl halides is 4. The van der Waals surface area contributed by atoms with Crippen molar-refractivity contribution in [2.45, 2.75) is 75.0 Å². The molecule has 1 amide bonds. The molecule has 1 saturated carbocycles. The van der Waals surface area contributed by atoms with Crippen molar-refractivity contribution < 1.29 is 40.6 Å². The van der Waals surface area contributed by atoms with Gasteiger partial charge in [0.25, 0.3) is 5.91 Å². The van der Waals surface area contributed by atoms with E-state index in [1.807, 2.05) is 4.90 Å². The van der Waals surface area contributed by atoms with Gasteiger partial charge in [-0.1, -0.05) is 19.1 Å². The molecule has 1 aliphatic carbocycles. The highest BCUT2D eigenvalue weighted by molar-refractivity contribution is 7.91. The summed E-state index contributed by atoms with van der Waals surface area (Å²) < 4.78 is 81.9. The molecule has 2 aromatic carbocycles. The summed E-state index contributed by atoms with van der Waals surface area (Å²) in [5.41, 5.74) is 1.57. The van der Waals surface area contributed by atoms with E-state index in [9.17, 15) is 35.9 Å². The number of nitrogens with zero attached hydrogens (tertiary/aromatic N) is 1. The Balaban J connectivity index is 1.45. The van der Waals surface area contributed by atoms with Crippen LogP contribution in [0, 0.1) is 11.8 Å². The maximum absolute atomic E-state index is 13.7. The van der Waals surface area contributed by atoms with E-state index in [1.54, 1.807) is 43.3 Å². The van der Waals surface area contributed by atoms with Gasteiger partial charge in [-0.05, 0) is 79.5 Å². The van der Waals surface area contributed by atoms with Gasteiger partial charge in [0.15, 0.2) is 9.84 Å². The minimum atomic E-state index is -3.38. The van der Waals surface area contributed by atoms with Crippen LogP contribution in [0.2, 0.25) is 0 Å². The van der Waals surface area contributed by atoms with Crippen LogP contribution in [0.4, 0.5) is 23.2 Å². The number of rotatable bonds is 11. The van der Waals surface area contributed by atoms with Gasteiger partial charge in [-0.25, -0.2) is 17.2 Å².